The molecule has 0 aliphatic heterocycles. The standard InChI is InChI=1S/C24H33F2NO3/c1-27-23(30)12-8-3-2-7-11-19-20(22(29)17-21(19)28)14-16-24(25,26)15-13-18-9-5-4-6-10-18/h2,4-7,9-10,14,16,19-22,28-29H,3,8,11-13,15,17H2,1H3,(H,27,30)/b7-2+,16-14+/t19-,20-,21+,22-/m1/s1. The normalized spacial score (nSPS) is 24.7. The van der Waals surface area contributed by atoms with E-state index in [1.54, 1.807) is 7.05 Å². The summed E-state index contributed by atoms with van der Waals surface area (Å²) in [6, 6.07) is 9.17. The number of carbonyl (C=O) groups excluding carboxylic acids is 1. The summed E-state index contributed by atoms with van der Waals surface area (Å²) < 4.78 is 28.6. The van der Waals surface area contributed by atoms with Crippen molar-refractivity contribution in [2.45, 2.75) is 63.1 Å². The average Bonchev–Trinajstić information content (AvgIpc) is 3.00. The number of nitrogens with one attached hydrogen (secondary N) is 1. The molecule has 0 aromatic heterocycles. The third-order valence-electron chi connectivity index (χ3n) is 5.70. The van der Waals surface area contributed by atoms with Crippen molar-refractivity contribution in [1.29, 1.82) is 0 Å². The van der Waals surface area contributed by atoms with Crippen LogP contribution in [0.1, 0.15) is 44.1 Å². The highest BCUT2D eigenvalue weighted by atomic mass is 19.3. The minimum absolute atomic E-state index is 0.00358. The number of aryl methyl sites for hydroxylation is 1. The molecule has 6 heteroatoms. The van der Waals surface area contributed by atoms with Crippen LogP contribution in [0.5, 0.6) is 0 Å². The van der Waals surface area contributed by atoms with Crippen LogP contribution in [-0.4, -0.2) is 41.3 Å². The van der Waals surface area contributed by atoms with Gasteiger partial charge in [0.2, 0.25) is 5.91 Å². The molecule has 0 saturated heterocycles. The fourth-order valence-corrected chi connectivity index (χ4v) is 3.87. The van der Waals surface area contributed by atoms with Crippen molar-refractivity contribution in [2.75, 3.05) is 7.05 Å². The highest BCUT2D eigenvalue weighted by Gasteiger charge is 2.40. The van der Waals surface area contributed by atoms with Gasteiger partial charge in [-0.25, -0.2) is 8.78 Å². The van der Waals surface area contributed by atoms with Crippen LogP contribution in [0.3, 0.4) is 0 Å². The van der Waals surface area contributed by atoms with Gasteiger partial charge in [0.05, 0.1) is 12.2 Å². The first-order valence-corrected chi connectivity index (χ1v) is 10.6. The maximum Gasteiger partial charge on any atom is 0.266 e. The van der Waals surface area contributed by atoms with Gasteiger partial charge < -0.3 is 15.5 Å². The van der Waals surface area contributed by atoms with E-state index in [4.69, 9.17) is 0 Å². The fraction of sp³-hybridized carbons (Fsp3) is 0.542. The molecule has 0 radical (unpaired) electrons. The van der Waals surface area contributed by atoms with E-state index in [2.05, 4.69) is 5.32 Å². The molecule has 4 nitrogen and oxygen atoms in total. The maximum absolute atomic E-state index is 14.3. The van der Waals surface area contributed by atoms with Crippen LogP contribution in [-0.2, 0) is 11.2 Å². The topological polar surface area (TPSA) is 69.6 Å². The van der Waals surface area contributed by atoms with Crippen LogP contribution in [0.4, 0.5) is 8.78 Å². The zero-order valence-corrected chi connectivity index (χ0v) is 17.5. The van der Waals surface area contributed by atoms with Gasteiger partial charge in [-0.1, -0.05) is 48.6 Å². The molecular formula is C24H33F2NO3. The lowest BCUT2D eigenvalue weighted by Crippen LogP contribution is -2.21. The summed E-state index contributed by atoms with van der Waals surface area (Å²) >= 11 is 0. The second-order valence-corrected chi connectivity index (χ2v) is 7.99. The van der Waals surface area contributed by atoms with Crippen LogP contribution < -0.4 is 5.32 Å². The molecular weight excluding hydrogens is 388 g/mol. The number of allylic oxidation sites excluding steroid dienone is 3. The van der Waals surface area contributed by atoms with Gasteiger partial charge in [0.1, 0.15) is 0 Å². The van der Waals surface area contributed by atoms with Crippen molar-refractivity contribution in [3.63, 3.8) is 0 Å². The van der Waals surface area contributed by atoms with E-state index in [9.17, 15) is 23.8 Å². The zero-order chi connectivity index (χ0) is 22.0. The second kappa shape index (κ2) is 12.0. The minimum Gasteiger partial charge on any atom is -0.393 e. The Labute approximate surface area is 177 Å². The molecule has 0 spiro atoms. The van der Waals surface area contributed by atoms with E-state index in [1.165, 1.54) is 6.08 Å². The van der Waals surface area contributed by atoms with Gasteiger partial charge in [-0.2, -0.15) is 0 Å². The van der Waals surface area contributed by atoms with Crippen molar-refractivity contribution in [1.82, 2.24) is 5.32 Å². The molecule has 2 rings (SSSR count). The monoisotopic (exact) mass is 421 g/mol. The predicted octanol–water partition coefficient (Wildman–Crippen LogP) is 4.03. The molecule has 3 N–H and O–H groups in total. The number of amides is 1. The first-order chi connectivity index (χ1) is 14.3. The Hall–Kier alpha value is -2.05. The van der Waals surface area contributed by atoms with E-state index < -0.39 is 24.0 Å². The largest absolute Gasteiger partial charge is 0.393 e. The molecule has 1 aromatic rings. The lowest BCUT2D eigenvalue weighted by Gasteiger charge is -2.20. The van der Waals surface area contributed by atoms with Crippen LogP contribution in [0.2, 0.25) is 0 Å². The molecule has 0 unspecified atom stereocenters. The third kappa shape index (κ3) is 8.00. The fourth-order valence-electron chi connectivity index (χ4n) is 3.87. The summed E-state index contributed by atoms with van der Waals surface area (Å²) in [6.45, 7) is 0. The molecule has 166 valence electrons. The van der Waals surface area contributed by atoms with Gasteiger partial charge in [-0.3, -0.25) is 4.79 Å². The van der Waals surface area contributed by atoms with Gasteiger partial charge in [0, 0.05) is 32.2 Å². The van der Waals surface area contributed by atoms with E-state index in [0.29, 0.717) is 12.8 Å². The smallest absolute Gasteiger partial charge is 0.266 e. The molecule has 1 aliphatic carbocycles. The maximum atomic E-state index is 14.3. The van der Waals surface area contributed by atoms with E-state index >= 15 is 0 Å². The number of halogens is 2. The predicted molar refractivity (Wildman–Crippen MR) is 114 cm³/mol. The average molecular weight is 422 g/mol. The molecule has 0 heterocycles. The van der Waals surface area contributed by atoms with Gasteiger partial charge in [0.25, 0.3) is 5.92 Å². The number of hydrogen-bond acceptors (Lipinski definition) is 3. The Bertz CT molecular complexity index is 706. The van der Waals surface area contributed by atoms with E-state index in [-0.39, 0.29) is 31.1 Å². The first-order valence-electron chi connectivity index (χ1n) is 10.6. The number of carbonyl (C=O) groups is 1. The second-order valence-electron chi connectivity index (χ2n) is 7.99. The highest BCUT2D eigenvalue weighted by molar-refractivity contribution is 5.75. The SMILES string of the molecule is CNC(=O)CCC/C=C/C[C@@H]1[C@@H](/C=C/C(F)(F)CCc2ccccc2)[C@H](O)C[C@@H]1O. The van der Waals surface area contributed by atoms with Crippen molar-refractivity contribution in [3.05, 3.63) is 60.2 Å². The zero-order valence-electron chi connectivity index (χ0n) is 17.5. The van der Waals surface area contributed by atoms with Gasteiger partial charge >= 0.3 is 0 Å². The van der Waals surface area contributed by atoms with Gasteiger partial charge in [0.15, 0.2) is 0 Å². The van der Waals surface area contributed by atoms with Crippen molar-refractivity contribution in [2.24, 2.45) is 11.8 Å². The lowest BCUT2D eigenvalue weighted by molar-refractivity contribution is -0.120. The first kappa shape index (κ1) is 24.2. The number of aliphatic hydroxyl groups excluding tert-OH is 2. The summed E-state index contributed by atoms with van der Waals surface area (Å²) in [6.07, 6.45) is 7.16. The number of alkyl halides is 2. The molecule has 4 atom stereocenters. The van der Waals surface area contributed by atoms with E-state index in [0.717, 1.165) is 24.5 Å². The molecule has 1 fully saturated rings. The quantitative estimate of drug-likeness (QED) is 0.373. The number of aliphatic hydroxyl groups is 2. The summed E-state index contributed by atoms with van der Waals surface area (Å²) in [4.78, 5) is 11.2. The van der Waals surface area contributed by atoms with Crippen LogP contribution in [0, 0.1) is 11.8 Å². The number of hydrogen-bond donors (Lipinski definition) is 3. The van der Waals surface area contributed by atoms with Crippen LogP contribution in [0.15, 0.2) is 54.6 Å². The molecule has 0 bridgehead atoms. The van der Waals surface area contributed by atoms with Crippen molar-refractivity contribution < 1.29 is 23.8 Å². The van der Waals surface area contributed by atoms with Crippen LogP contribution in [0.25, 0.3) is 0 Å². The molecule has 1 saturated carbocycles. The Morgan fingerprint density at radius 3 is 2.63 bits per heavy atom. The number of rotatable bonds is 11. The summed E-state index contributed by atoms with van der Waals surface area (Å²) in [7, 11) is 1.60. The summed E-state index contributed by atoms with van der Waals surface area (Å²) in [5, 5.41) is 23.1. The van der Waals surface area contributed by atoms with Gasteiger partial charge in [-0.15, -0.1) is 0 Å². The molecule has 30 heavy (non-hydrogen) atoms. The lowest BCUT2D eigenvalue weighted by atomic mass is 9.89. The Kier molecular flexibility index (Phi) is 9.66. The summed E-state index contributed by atoms with van der Waals surface area (Å²) in [5.41, 5.74) is 0.862. The van der Waals surface area contributed by atoms with E-state index in [1.807, 2.05) is 42.5 Å². The molecule has 1 amide bonds. The summed E-state index contributed by atoms with van der Waals surface area (Å²) in [5.74, 6) is -3.77. The Morgan fingerprint density at radius 1 is 1.20 bits per heavy atom. The molecule has 1 aromatic carbocycles. The third-order valence-corrected chi connectivity index (χ3v) is 5.70. The minimum atomic E-state index is -2.97. The van der Waals surface area contributed by atoms with Crippen molar-refractivity contribution in [3.8, 4) is 0 Å². The number of unbranched alkanes of at least 4 members (excludes halogenated alkanes) is 1. The highest BCUT2D eigenvalue weighted by Crippen LogP contribution is 2.37. The molecule has 1 aliphatic rings. The number of benzene rings is 1. The van der Waals surface area contributed by atoms with Crippen LogP contribution >= 0.6 is 0 Å². The Balaban J connectivity index is 1.87. The van der Waals surface area contributed by atoms with Crippen molar-refractivity contribution >= 4 is 5.91 Å². The van der Waals surface area contributed by atoms with Gasteiger partial charge in [-0.05, 0) is 43.2 Å². The Morgan fingerprint density at radius 2 is 1.93 bits per heavy atom.